The molecule has 1 aromatic carbocycles. The van der Waals surface area contributed by atoms with E-state index in [1.807, 2.05) is 0 Å². The highest BCUT2D eigenvalue weighted by molar-refractivity contribution is 6.36. The number of hydrogen-bond donors (Lipinski definition) is 1. The molecule has 0 bridgehead atoms. The Morgan fingerprint density at radius 2 is 1.85 bits per heavy atom. The van der Waals surface area contributed by atoms with Gasteiger partial charge in [-0.1, -0.05) is 24.6 Å². The molecule has 3 heterocycles. The van der Waals surface area contributed by atoms with Crippen LogP contribution in [0.2, 0.25) is 5.02 Å². The Hall–Kier alpha value is -3.04. The van der Waals surface area contributed by atoms with Crippen molar-refractivity contribution < 1.29 is 22.7 Å². The number of alkyl halides is 4. The van der Waals surface area contributed by atoms with Crippen LogP contribution in [-0.2, 0) is 32.2 Å². The van der Waals surface area contributed by atoms with Gasteiger partial charge in [0.25, 0.3) is 0 Å². The Bertz CT molecular complexity index is 1350. The Labute approximate surface area is 198 Å². The van der Waals surface area contributed by atoms with Gasteiger partial charge in [0, 0.05) is 29.9 Å². The minimum atomic E-state index is -4.46. The van der Waals surface area contributed by atoms with E-state index < -0.39 is 24.9 Å². The molecule has 1 atom stereocenters. The summed E-state index contributed by atoms with van der Waals surface area (Å²) in [4.78, 5) is 12.4. The Balaban J connectivity index is 1.99. The van der Waals surface area contributed by atoms with Gasteiger partial charge in [-0.2, -0.15) is 13.2 Å². The Kier molecular flexibility index (Phi) is 6.35. The molecular weight excluding hydrogens is 472 g/mol. The van der Waals surface area contributed by atoms with E-state index in [-0.39, 0.29) is 33.8 Å². The predicted octanol–water partition coefficient (Wildman–Crippen LogP) is 5.44. The lowest BCUT2D eigenvalue weighted by Gasteiger charge is -2.30. The minimum absolute atomic E-state index is 0.0624. The van der Waals surface area contributed by atoms with E-state index in [2.05, 4.69) is 15.0 Å². The third kappa shape index (κ3) is 4.25. The van der Waals surface area contributed by atoms with Crippen LogP contribution >= 0.6 is 11.6 Å². The zero-order chi connectivity index (χ0) is 24.7. The van der Waals surface area contributed by atoms with Crippen LogP contribution in [0.1, 0.15) is 40.7 Å². The fraction of sp³-hybridized carbons (Fsp3) is 0.292. The van der Waals surface area contributed by atoms with Crippen molar-refractivity contribution in [1.29, 1.82) is 0 Å². The van der Waals surface area contributed by atoms with Gasteiger partial charge in [-0.25, -0.2) is 9.37 Å². The lowest BCUT2D eigenvalue weighted by molar-refractivity contribution is -0.127. The number of hydrogen-bond acceptors (Lipinski definition) is 4. The maximum Gasteiger partial charge on any atom is 0.393 e. The van der Waals surface area contributed by atoms with E-state index in [0.717, 1.165) is 0 Å². The first-order chi connectivity index (χ1) is 16.1. The van der Waals surface area contributed by atoms with Gasteiger partial charge in [0.05, 0.1) is 40.9 Å². The lowest BCUT2D eigenvalue weighted by atomic mass is 9.83. The maximum absolute atomic E-state index is 13.4. The van der Waals surface area contributed by atoms with E-state index >= 15 is 0 Å². The molecule has 0 fully saturated rings. The SMILES string of the molecule is CCc1nc2ccc(C(O)(c3ccnc(CF)c3)c3cncn3C)cc2c(Cl)c1CC(F)(F)F. The summed E-state index contributed by atoms with van der Waals surface area (Å²) in [5, 5.41) is 12.3. The first-order valence-corrected chi connectivity index (χ1v) is 10.8. The monoisotopic (exact) mass is 492 g/mol. The predicted molar refractivity (Wildman–Crippen MR) is 120 cm³/mol. The summed E-state index contributed by atoms with van der Waals surface area (Å²) in [6.07, 6.45) is -1.04. The van der Waals surface area contributed by atoms with Crippen LogP contribution in [0.25, 0.3) is 10.9 Å². The molecule has 4 rings (SSSR count). The van der Waals surface area contributed by atoms with Gasteiger partial charge in [0.1, 0.15) is 6.67 Å². The second kappa shape index (κ2) is 8.96. The van der Waals surface area contributed by atoms with Crippen LogP contribution < -0.4 is 0 Å². The van der Waals surface area contributed by atoms with Gasteiger partial charge in [-0.3, -0.25) is 9.97 Å². The fourth-order valence-corrected chi connectivity index (χ4v) is 4.48. The highest BCUT2D eigenvalue weighted by atomic mass is 35.5. The zero-order valence-electron chi connectivity index (χ0n) is 18.4. The minimum Gasteiger partial charge on any atom is -0.374 e. The number of fused-ring (bicyclic) bond motifs is 1. The molecule has 178 valence electrons. The highest BCUT2D eigenvalue weighted by Gasteiger charge is 2.38. The number of aryl methyl sites for hydroxylation is 2. The summed E-state index contributed by atoms with van der Waals surface area (Å²) in [5.74, 6) is 0. The van der Waals surface area contributed by atoms with Crippen LogP contribution in [-0.4, -0.2) is 30.8 Å². The number of nitrogens with zero attached hydrogens (tertiary/aromatic N) is 4. The molecule has 0 amide bonds. The standard InChI is InChI=1S/C24H21ClF4N4O/c1-3-19-18(10-23(27,28)29)22(25)17-9-14(4-5-20(17)32-19)24(34,21-12-30-13-33(21)2)15-6-7-31-16(8-15)11-26/h4-9,12-13,34H,3,10-11H2,1-2H3. The summed E-state index contributed by atoms with van der Waals surface area (Å²) < 4.78 is 54.7. The van der Waals surface area contributed by atoms with Gasteiger partial charge >= 0.3 is 6.18 Å². The van der Waals surface area contributed by atoms with Gasteiger partial charge in [-0.05, 0) is 41.8 Å². The lowest BCUT2D eigenvalue weighted by Crippen LogP contribution is -2.31. The topological polar surface area (TPSA) is 63.8 Å². The molecule has 0 saturated carbocycles. The Morgan fingerprint density at radius 3 is 2.47 bits per heavy atom. The summed E-state index contributed by atoms with van der Waals surface area (Å²) in [6.45, 7) is 0.884. The van der Waals surface area contributed by atoms with Crippen molar-refractivity contribution in [2.24, 2.45) is 7.05 Å². The van der Waals surface area contributed by atoms with Crippen LogP contribution in [0.3, 0.4) is 0 Å². The normalized spacial score (nSPS) is 13.9. The number of aliphatic hydroxyl groups is 1. The van der Waals surface area contributed by atoms with Crippen molar-refractivity contribution >= 4 is 22.5 Å². The molecule has 1 unspecified atom stereocenters. The van der Waals surface area contributed by atoms with Crippen molar-refractivity contribution in [3.63, 3.8) is 0 Å². The molecule has 10 heteroatoms. The fourth-order valence-electron chi connectivity index (χ4n) is 4.15. The van der Waals surface area contributed by atoms with Crippen molar-refractivity contribution in [2.45, 2.75) is 38.2 Å². The second-order valence-corrected chi connectivity index (χ2v) is 8.38. The molecule has 0 aliphatic rings. The van der Waals surface area contributed by atoms with E-state index in [1.165, 1.54) is 30.9 Å². The number of benzene rings is 1. The van der Waals surface area contributed by atoms with E-state index in [1.54, 1.807) is 36.7 Å². The van der Waals surface area contributed by atoms with Crippen LogP contribution in [0, 0.1) is 0 Å². The smallest absolute Gasteiger partial charge is 0.374 e. The molecule has 0 aliphatic carbocycles. The van der Waals surface area contributed by atoms with Crippen LogP contribution in [0.5, 0.6) is 0 Å². The van der Waals surface area contributed by atoms with E-state index in [9.17, 15) is 22.7 Å². The first kappa shape index (κ1) is 24.1. The molecule has 0 aliphatic heterocycles. The quantitative estimate of drug-likeness (QED) is 0.364. The largest absolute Gasteiger partial charge is 0.393 e. The molecule has 4 aromatic rings. The number of halogens is 5. The third-order valence-corrected chi connectivity index (χ3v) is 6.22. The molecule has 5 nitrogen and oxygen atoms in total. The van der Waals surface area contributed by atoms with Crippen LogP contribution in [0.4, 0.5) is 17.6 Å². The summed E-state index contributed by atoms with van der Waals surface area (Å²) >= 11 is 6.50. The van der Waals surface area contributed by atoms with Gasteiger partial charge in [0.15, 0.2) is 5.60 Å². The molecule has 3 aromatic heterocycles. The molecule has 0 saturated heterocycles. The zero-order valence-corrected chi connectivity index (χ0v) is 19.1. The maximum atomic E-state index is 13.4. The third-order valence-electron chi connectivity index (χ3n) is 5.79. The summed E-state index contributed by atoms with van der Waals surface area (Å²) in [7, 11) is 1.69. The van der Waals surface area contributed by atoms with Crippen molar-refractivity contribution in [3.05, 3.63) is 87.8 Å². The second-order valence-electron chi connectivity index (χ2n) is 8.00. The van der Waals surface area contributed by atoms with Crippen molar-refractivity contribution in [3.8, 4) is 0 Å². The molecule has 0 radical (unpaired) electrons. The first-order valence-electron chi connectivity index (χ1n) is 10.5. The van der Waals surface area contributed by atoms with Gasteiger partial charge in [0.2, 0.25) is 0 Å². The molecule has 1 N–H and O–H groups in total. The summed E-state index contributed by atoms with van der Waals surface area (Å²) in [5.41, 5.74) is -0.105. The average Bonchev–Trinajstić information content (AvgIpc) is 3.25. The van der Waals surface area contributed by atoms with Gasteiger partial charge in [-0.15, -0.1) is 0 Å². The highest BCUT2D eigenvalue weighted by Crippen LogP contribution is 2.40. The number of pyridine rings is 2. The van der Waals surface area contributed by atoms with E-state index in [4.69, 9.17) is 11.6 Å². The Morgan fingerprint density at radius 1 is 1.12 bits per heavy atom. The van der Waals surface area contributed by atoms with Crippen LogP contribution in [0.15, 0.2) is 49.1 Å². The van der Waals surface area contributed by atoms with Crippen molar-refractivity contribution in [2.75, 3.05) is 0 Å². The molecular formula is C24H21ClF4N4O. The van der Waals surface area contributed by atoms with Crippen molar-refractivity contribution in [1.82, 2.24) is 19.5 Å². The average molecular weight is 493 g/mol. The summed E-state index contributed by atoms with van der Waals surface area (Å²) in [6, 6.07) is 7.73. The molecule has 34 heavy (non-hydrogen) atoms. The molecule has 0 spiro atoms. The van der Waals surface area contributed by atoms with Gasteiger partial charge < -0.3 is 9.67 Å². The number of rotatable bonds is 6. The van der Waals surface area contributed by atoms with E-state index in [0.29, 0.717) is 22.3 Å². The number of imidazole rings is 1. The number of aromatic nitrogens is 4.